The first-order valence-corrected chi connectivity index (χ1v) is 14.0. The molecule has 3 aromatic carbocycles. The van der Waals surface area contributed by atoms with Crippen molar-refractivity contribution in [1.29, 1.82) is 0 Å². The maximum Gasteiger partial charge on any atom is 0.255 e. The van der Waals surface area contributed by atoms with Gasteiger partial charge in [-0.05, 0) is 56.2 Å². The number of anilines is 2. The molecule has 0 saturated heterocycles. The standard InChI is InChI=1S/C30H32Br2N2O5/c1-17(35)34-23-15-24(38-6)26(33-28(36)18-12-20(31)14-21(32)13-18)27(39-7)25(23)30(4,16-29(34,2)3)19-8-10-22(37-5)11-9-19/h8-15H,16H2,1-7H3,(H,33,36). The van der Waals surface area contributed by atoms with Gasteiger partial charge < -0.3 is 24.4 Å². The third-order valence-corrected chi connectivity index (χ3v) is 8.15. The first kappa shape index (κ1) is 29.0. The lowest BCUT2D eigenvalue weighted by Crippen LogP contribution is -2.55. The van der Waals surface area contributed by atoms with Gasteiger partial charge in [-0.3, -0.25) is 9.59 Å². The van der Waals surface area contributed by atoms with Gasteiger partial charge in [0.15, 0.2) is 5.75 Å². The van der Waals surface area contributed by atoms with Crippen molar-refractivity contribution in [2.75, 3.05) is 31.5 Å². The second kappa shape index (κ2) is 10.8. The van der Waals surface area contributed by atoms with E-state index in [-0.39, 0.29) is 11.8 Å². The van der Waals surface area contributed by atoms with Crippen LogP contribution in [-0.2, 0) is 10.2 Å². The van der Waals surface area contributed by atoms with Crippen LogP contribution in [0.1, 0.15) is 55.6 Å². The summed E-state index contributed by atoms with van der Waals surface area (Å²) in [4.78, 5) is 28.3. The van der Waals surface area contributed by atoms with Crippen molar-refractivity contribution in [2.45, 2.75) is 45.1 Å². The zero-order valence-corrected chi connectivity index (χ0v) is 26.2. The van der Waals surface area contributed by atoms with Crippen LogP contribution in [0.25, 0.3) is 0 Å². The number of ether oxygens (including phenoxy) is 3. The molecular formula is C30H32Br2N2O5. The van der Waals surface area contributed by atoms with Crippen molar-refractivity contribution >= 4 is 55.0 Å². The Morgan fingerprint density at radius 2 is 1.51 bits per heavy atom. The van der Waals surface area contributed by atoms with E-state index in [0.717, 1.165) is 25.8 Å². The number of carbonyl (C=O) groups excluding carboxylic acids is 2. The first-order chi connectivity index (χ1) is 18.4. The second-order valence-electron chi connectivity index (χ2n) is 10.4. The van der Waals surface area contributed by atoms with Crippen molar-refractivity contribution in [3.63, 3.8) is 0 Å². The Morgan fingerprint density at radius 1 is 0.897 bits per heavy atom. The minimum Gasteiger partial charge on any atom is -0.497 e. The number of benzene rings is 3. The van der Waals surface area contributed by atoms with Crippen molar-refractivity contribution < 1.29 is 23.8 Å². The molecule has 0 fully saturated rings. The van der Waals surface area contributed by atoms with Gasteiger partial charge in [-0.15, -0.1) is 0 Å². The highest BCUT2D eigenvalue weighted by atomic mass is 79.9. The van der Waals surface area contributed by atoms with E-state index in [1.165, 1.54) is 7.11 Å². The van der Waals surface area contributed by atoms with Crippen LogP contribution in [0.15, 0.2) is 57.5 Å². The molecule has 1 N–H and O–H groups in total. The van der Waals surface area contributed by atoms with Crippen LogP contribution in [0.2, 0.25) is 0 Å². The van der Waals surface area contributed by atoms with Crippen molar-refractivity contribution in [3.8, 4) is 17.2 Å². The molecule has 1 aliphatic rings. The lowest BCUT2D eigenvalue weighted by Gasteiger charge is -2.51. The Kier molecular flexibility index (Phi) is 8.06. The lowest BCUT2D eigenvalue weighted by molar-refractivity contribution is -0.117. The summed E-state index contributed by atoms with van der Waals surface area (Å²) in [6.45, 7) is 7.80. The Balaban J connectivity index is 2.00. The molecule has 0 aromatic heterocycles. The monoisotopic (exact) mass is 658 g/mol. The summed E-state index contributed by atoms with van der Waals surface area (Å²) in [7, 11) is 4.72. The van der Waals surface area contributed by atoms with Crippen LogP contribution in [0.4, 0.5) is 11.4 Å². The zero-order valence-electron chi connectivity index (χ0n) is 23.1. The Labute approximate surface area is 246 Å². The van der Waals surface area contributed by atoms with E-state index in [1.807, 2.05) is 36.4 Å². The Hall–Kier alpha value is -3.04. The van der Waals surface area contributed by atoms with Crippen molar-refractivity contribution in [3.05, 3.63) is 74.2 Å². The van der Waals surface area contributed by atoms with Crippen molar-refractivity contribution in [1.82, 2.24) is 0 Å². The van der Waals surface area contributed by atoms with Crippen LogP contribution in [-0.4, -0.2) is 38.7 Å². The first-order valence-electron chi connectivity index (χ1n) is 12.4. The smallest absolute Gasteiger partial charge is 0.255 e. The summed E-state index contributed by atoms with van der Waals surface area (Å²) >= 11 is 6.90. The summed E-state index contributed by atoms with van der Waals surface area (Å²) < 4.78 is 18.7. The average Bonchev–Trinajstić information content (AvgIpc) is 2.87. The van der Waals surface area contributed by atoms with Crippen LogP contribution in [0, 0.1) is 0 Å². The van der Waals surface area contributed by atoms with Crippen LogP contribution < -0.4 is 24.4 Å². The third-order valence-electron chi connectivity index (χ3n) is 7.24. The maximum absolute atomic E-state index is 13.5. The summed E-state index contributed by atoms with van der Waals surface area (Å²) in [5.41, 5.74) is 2.21. The SMILES string of the molecule is COc1ccc(C2(C)CC(C)(C)N(C(C)=O)c3cc(OC)c(NC(=O)c4cc(Br)cc(Br)c4)c(OC)c32)cc1. The topological polar surface area (TPSA) is 77.1 Å². The Bertz CT molecular complexity index is 1420. The number of methoxy groups -OCH3 is 3. The van der Waals surface area contributed by atoms with Gasteiger partial charge in [-0.25, -0.2) is 0 Å². The molecule has 2 amide bonds. The number of fused-ring (bicyclic) bond motifs is 1. The van der Waals surface area contributed by atoms with E-state index in [4.69, 9.17) is 14.2 Å². The fourth-order valence-electron chi connectivity index (χ4n) is 5.85. The number of hydrogen-bond acceptors (Lipinski definition) is 5. The third kappa shape index (κ3) is 5.26. The predicted octanol–water partition coefficient (Wildman–Crippen LogP) is 7.33. The molecule has 39 heavy (non-hydrogen) atoms. The van der Waals surface area contributed by atoms with Crippen LogP contribution >= 0.6 is 31.9 Å². The largest absolute Gasteiger partial charge is 0.497 e. The molecule has 0 spiro atoms. The molecule has 3 aromatic rings. The predicted molar refractivity (Wildman–Crippen MR) is 161 cm³/mol. The van der Waals surface area contributed by atoms with Gasteiger partial charge in [-0.1, -0.05) is 50.9 Å². The molecule has 1 atom stereocenters. The summed E-state index contributed by atoms with van der Waals surface area (Å²) in [6, 6.07) is 15.1. The lowest BCUT2D eigenvalue weighted by atomic mass is 9.64. The van der Waals surface area contributed by atoms with Gasteiger partial charge in [0, 0.05) is 44.0 Å². The number of nitrogens with zero attached hydrogens (tertiary/aromatic N) is 1. The molecule has 206 valence electrons. The minimum atomic E-state index is -0.590. The molecule has 0 bridgehead atoms. The molecule has 1 unspecified atom stereocenters. The highest BCUT2D eigenvalue weighted by Gasteiger charge is 2.50. The molecule has 7 nitrogen and oxygen atoms in total. The van der Waals surface area contributed by atoms with Gasteiger partial charge in [-0.2, -0.15) is 0 Å². The molecule has 1 aliphatic heterocycles. The van der Waals surface area contributed by atoms with Gasteiger partial charge in [0.05, 0.1) is 27.0 Å². The number of halogens is 2. The number of hydrogen-bond donors (Lipinski definition) is 1. The highest BCUT2D eigenvalue weighted by Crippen LogP contribution is 2.57. The van der Waals surface area contributed by atoms with Crippen molar-refractivity contribution in [2.24, 2.45) is 0 Å². The molecule has 0 aliphatic carbocycles. The summed E-state index contributed by atoms with van der Waals surface area (Å²) in [5.74, 6) is 1.14. The molecule has 4 rings (SSSR count). The number of rotatable bonds is 6. The average molecular weight is 660 g/mol. The molecule has 9 heteroatoms. The van der Waals surface area contributed by atoms with E-state index < -0.39 is 11.0 Å². The Morgan fingerprint density at radius 3 is 2.03 bits per heavy atom. The number of amides is 2. The van der Waals surface area contributed by atoms with Gasteiger partial charge in [0.1, 0.15) is 17.2 Å². The molecule has 0 saturated carbocycles. The zero-order chi connectivity index (χ0) is 28.7. The van der Waals surface area contributed by atoms with E-state index in [1.54, 1.807) is 38.2 Å². The summed E-state index contributed by atoms with van der Waals surface area (Å²) in [6.07, 6.45) is 0.605. The highest BCUT2D eigenvalue weighted by molar-refractivity contribution is 9.11. The number of nitrogens with one attached hydrogen (secondary N) is 1. The quantitative estimate of drug-likeness (QED) is 0.300. The fourth-order valence-corrected chi connectivity index (χ4v) is 7.14. The van der Waals surface area contributed by atoms with Gasteiger partial charge >= 0.3 is 0 Å². The van der Waals surface area contributed by atoms with E-state index >= 15 is 0 Å². The normalized spacial score (nSPS) is 17.7. The number of carbonyl (C=O) groups is 2. The van der Waals surface area contributed by atoms with E-state index in [0.29, 0.717) is 34.9 Å². The van der Waals surface area contributed by atoms with E-state index in [2.05, 4.69) is 57.9 Å². The molecular weight excluding hydrogens is 628 g/mol. The van der Waals surface area contributed by atoms with Gasteiger partial charge in [0.25, 0.3) is 5.91 Å². The fraction of sp³-hybridized carbons (Fsp3) is 0.333. The van der Waals surface area contributed by atoms with Crippen LogP contribution in [0.3, 0.4) is 0 Å². The summed E-state index contributed by atoms with van der Waals surface area (Å²) in [5, 5.41) is 3.02. The molecule has 1 heterocycles. The van der Waals surface area contributed by atoms with E-state index in [9.17, 15) is 9.59 Å². The second-order valence-corrected chi connectivity index (χ2v) is 12.2. The van der Waals surface area contributed by atoms with Crippen LogP contribution in [0.5, 0.6) is 17.2 Å². The maximum atomic E-state index is 13.5. The van der Waals surface area contributed by atoms with Gasteiger partial charge in [0.2, 0.25) is 5.91 Å². The minimum absolute atomic E-state index is 0.0992. The molecule has 0 radical (unpaired) electrons.